The van der Waals surface area contributed by atoms with Crippen LogP contribution in [0.1, 0.15) is 17.5 Å². The maximum atomic E-state index is 11.0. The molecule has 4 N–H and O–H groups in total. The van der Waals surface area contributed by atoms with Crippen molar-refractivity contribution >= 4 is 6.03 Å². The van der Waals surface area contributed by atoms with Crippen molar-refractivity contribution < 1.29 is 4.79 Å². The largest absolute Gasteiger partial charge is 0.334 e. The first-order chi connectivity index (χ1) is 7.29. The predicted molar refractivity (Wildman–Crippen MR) is 58.1 cm³/mol. The maximum Gasteiger partial charge on any atom is 0.329 e. The van der Waals surface area contributed by atoms with Gasteiger partial charge in [-0.15, -0.1) is 0 Å². The molecular formula is C11H15N3O. The summed E-state index contributed by atoms with van der Waals surface area (Å²) in [5.74, 6) is 5.02. The molecule has 15 heavy (non-hydrogen) atoms. The van der Waals surface area contributed by atoms with Gasteiger partial charge >= 0.3 is 6.03 Å². The van der Waals surface area contributed by atoms with Gasteiger partial charge in [-0.2, -0.15) is 0 Å². The number of hydrazine groups is 1. The summed E-state index contributed by atoms with van der Waals surface area (Å²) in [6.45, 7) is 0. The summed E-state index contributed by atoms with van der Waals surface area (Å²) >= 11 is 0. The van der Waals surface area contributed by atoms with Gasteiger partial charge in [0.15, 0.2) is 0 Å². The van der Waals surface area contributed by atoms with E-state index in [0.29, 0.717) is 0 Å². The van der Waals surface area contributed by atoms with Crippen molar-refractivity contribution in [3.05, 3.63) is 35.4 Å². The normalized spacial score (nSPS) is 19.1. The third-order valence-corrected chi connectivity index (χ3v) is 2.81. The number of nitrogens with one attached hydrogen (secondary N) is 2. The molecule has 0 saturated heterocycles. The van der Waals surface area contributed by atoms with Gasteiger partial charge in [-0.3, -0.25) is 5.43 Å². The van der Waals surface area contributed by atoms with Crippen LogP contribution in [0.15, 0.2) is 24.3 Å². The summed E-state index contributed by atoms with van der Waals surface area (Å²) in [4.78, 5) is 11.0. The highest BCUT2D eigenvalue weighted by Gasteiger charge is 2.19. The quantitative estimate of drug-likeness (QED) is 0.359. The number of aryl methyl sites for hydroxylation is 1. The Hall–Kier alpha value is -1.55. The number of carbonyl (C=O) groups is 1. The minimum atomic E-state index is -0.306. The number of rotatable bonds is 1. The molecule has 0 aromatic heterocycles. The number of urea groups is 1. The van der Waals surface area contributed by atoms with E-state index in [1.54, 1.807) is 0 Å². The number of fused-ring (bicyclic) bond motifs is 1. The summed E-state index contributed by atoms with van der Waals surface area (Å²) in [6, 6.07) is 8.24. The van der Waals surface area contributed by atoms with Crippen molar-refractivity contribution in [2.24, 2.45) is 5.84 Å². The van der Waals surface area contributed by atoms with Crippen LogP contribution in [0.5, 0.6) is 0 Å². The lowest BCUT2D eigenvalue weighted by Crippen LogP contribution is -2.46. The summed E-state index contributed by atoms with van der Waals surface area (Å²) in [5.41, 5.74) is 4.80. The predicted octanol–water partition coefficient (Wildman–Crippen LogP) is 0.717. The van der Waals surface area contributed by atoms with Gasteiger partial charge in [0.2, 0.25) is 0 Å². The molecule has 0 heterocycles. The Kier molecular flexibility index (Phi) is 2.87. The molecule has 4 heteroatoms. The zero-order chi connectivity index (χ0) is 10.7. The smallest absolute Gasteiger partial charge is 0.329 e. The van der Waals surface area contributed by atoms with E-state index in [-0.39, 0.29) is 12.1 Å². The molecule has 1 aliphatic carbocycles. The van der Waals surface area contributed by atoms with Crippen LogP contribution in [0.4, 0.5) is 4.79 Å². The van der Waals surface area contributed by atoms with Crippen LogP contribution in [0.2, 0.25) is 0 Å². The van der Waals surface area contributed by atoms with Crippen molar-refractivity contribution in [2.45, 2.75) is 25.3 Å². The fourth-order valence-corrected chi connectivity index (χ4v) is 2.05. The first-order valence-corrected chi connectivity index (χ1v) is 5.13. The minimum Gasteiger partial charge on any atom is -0.334 e. The van der Waals surface area contributed by atoms with Gasteiger partial charge in [0.25, 0.3) is 0 Å². The second-order valence-electron chi connectivity index (χ2n) is 3.83. The molecule has 0 bridgehead atoms. The molecular weight excluding hydrogens is 190 g/mol. The monoisotopic (exact) mass is 205 g/mol. The molecule has 4 nitrogen and oxygen atoms in total. The Bertz CT molecular complexity index is 365. The molecule has 0 fully saturated rings. The van der Waals surface area contributed by atoms with Crippen LogP contribution in [0, 0.1) is 0 Å². The van der Waals surface area contributed by atoms with Crippen LogP contribution in [-0.4, -0.2) is 12.1 Å². The molecule has 0 radical (unpaired) electrons. The third kappa shape index (κ3) is 2.27. The zero-order valence-electron chi connectivity index (χ0n) is 8.49. The van der Waals surface area contributed by atoms with Crippen LogP contribution < -0.4 is 16.6 Å². The third-order valence-electron chi connectivity index (χ3n) is 2.81. The summed E-state index contributed by atoms with van der Waals surface area (Å²) in [6.07, 6.45) is 2.89. The Balaban J connectivity index is 2.02. The van der Waals surface area contributed by atoms with E-state index in [4.69, 9.17) is 5.84 Å². The van der Waals surface area contributed by atoms with E-state index in [2.05, 4.69) is 28.9 Å². The second kappa shape index (κ2) is 4.31. The number of amides is 2. The molecule has 1 aromatic carbocycles. The van der Waals surface area contributed by atoms with Crippen molar-refractivity contribution in [3.8, 4) is 0 Å². The molecule has 1 aromatic rings. The SMILES string of the molecule is NNC(=O)NC1CCc2ccccc2C1. The molecule has 0 aliphatic heterocycles. The lowest BCUT2D eigenvalue weighted by atomic mass is 9.88. The Labute approximate surface area is 88.8 Å². The van der Waals surface area contributed by atoms with Gasteiger partial charge < -0.3 is 5.32 Å². The summed E-state index contributed by atoms with van der Waals surface area (Å²) in [7, 11) is 0. The molecule has 2 amide bonds. The van der Waals surface area contributed by atoms with E-state index in [0.717, 1.165) is 19.3 Å². The summed E-state index contributed by atoms with van der Waals surface area (Å²) in [5, 5.41) is 2.83. The second-order valence-corrected chi connectivity index (χ2v) is 3.83. The van der Waals surface area contributed by atoms with Gasteiger partial charge in [0, 0.05) is 6.04 Å². The zero-order valence-corrected chi connectivity index (χ0v) is 8.49. The van der Waals surface area contributed by atoms with Crippen LogP contribution >= 0.6 is 0 Å². The highest BCUT2D eigenvalue weighted by molar-refractivity contribution is 5.73. The fourth-order valence-electron chi connectivity index (χ4n) is 2.05. The molecule has 0 spiro atoms. The van der Waals surface area contributed by atoms with Crippen molar-refractivity contribution in [2.75, 3.05) is 0 Å². The molecule has 2 rings (SSSR count). The maximum absolute atomic E-state index is 11.0. The topological polar surface area (TPSA) is 67.1 Å². The number of benzene rings is 1. The van der Waals surface area contributed by atoms with Gasteiger partial charge in [0.1, 0.15) is 0 Å². The van der Waals surface area contributed by atoms with Crippen LogP contribution in [0.25, 0.3) is 0 Å². The van der Waals surface area contributed by atoms with Gasteiger partial charge in [0.05, 0.1) is 0 Å². The van der Waals surface area contributed by atoms with Gasteiger partial charge in [-0.05, 0) is 30.4 Å². The van der Waals surface area contributed by atoms with Gasteiger partial charge in [-0.25, -0.2) is 10.6 Å². The summed E-state index contributed by atoms with van der Waals surface area (Å²) < 4.78 is 0. The van der Waals surface area contributed by atoms with Crippen molar-refractivity contribution in [1.82, 2.24) is 10.7 Å². The molecule has 1 atom stereocenters. The Morgan fingerprint density at radius 3 is 2.80 bits per heavy atom. The lowest BCUT2D eigenvalue weighted by Gasteiger charge is -2.25. The Morgan fingerprint density at radius 2 is 2.07 bits per heavy atom. The van der Waals surface area contributed by atoms with E-state index < -0.39 is 0 Å². The standard InChI is InChI=1S/C11H15N3O/c12-14-11(15)13-10-6-5-8-3-1-2-4-9(8)7-10/h1-4,10H,5-7,12H2,(H2,13,14,15). The highest BCUT2D eigenvalue weighted by Crippen LogP contribution is 2.20. The van der Waals surface area contributed by atoms with E-state index >= 15 is 0 Å². The van der Waals surface area contributed by atoms with Crippen LogP contribution in [0.3, 0.4) is 0 Å². The van der Waals surface area contributed by atoms with Crippen molar-refractivity contribution in [3.63, 3.8) is 0 Å². The molecule has 0 saturated carbocycles. The molecule has 1 aliphatic rings. The van der Waals surface area contributed by atoms with E-state index in [1.807, 2.05) is 6.07 Å². The van der Waals surface area contributed by atoms with Crippen LogP contribution in [-0.2, 0) is 12.8 Å². The number of carbonyl (C=O) groups excluding carboxylic acids is 1. The number of hydrogen-bond acceptors (Lipinski definition) is 2. The number of hydrogen-bond donors (Lipinski definition) is 3. The Morgan fingerprint density at radius 1 is 1.33 bits per heavy atom. The first kappa shape index (κ1) is 9.98. The highest BCUT2D eigenvalue weighted by atomic mass is 16.2. The average molecular weight is 205 g/mol. The minimum absolute atomic E-state index is 0.198. The van der Waals surface area contributed by atoms with E-state index in [9.17, 15) is 4.79 Å². The average Bonchev–Trinajstić information content (AvgIpc) is 2.29. The van der Waals surface area contributed by atoms with Crippen molar-refractivity contribution in [1.29, 1.82) is 0 Å². The van der Waals surface area contributed by atoms with E-state index in [1.165, 1.54) is 11.1 Å². The fraction of sp³-hybridized carbons (Fsp3) is 0.364. The number of nitrogens with two attached hydrogens (primary N) is 1. The van der Waals surface area contributed by atoms with Gasteiger partial charge in [-0.1, -0.05) is 24.3 Å². The molecule has 1 unspecified atom stereocenters. The first-order valence-electron chi connectivity index (χ1n) is 5.13. The molecule has 80 valence electrons. The lowest BCUT2D eigenvalue weighted by molar-refractivity contribution is 0.236.